The lowest BCUT2D eigenvalue weighted by Gasteiger charge is -2.01. The molecule has 0 unspecified atom stereocenters. The molecule has 0 aromatic heterocycles. The van der Waals surface area contributed by atoms with E-state index in [4.69, 9.17) is 17.3 Å². The maximum atomic E-state index is 10.1. The summed E-state index contributed by atoms with van der Waals surface area (Å²) in [4.78, 5) is 20.1. The highest BCUT2D eigenvalue weighted by Crippen LogP contribution is 1.93. The molecule has 0 bridgehead atoms. The average molecular weight is 149 g/mol. The van der Waals surface area contributed by atoms with Gasteiger partial charge in [-0.1, -0.05) is 0 Å². The van der Waals surface area contributed by atoms with Crippen molar-refractivity contribution < 1.29 is 21.2 Å². The Bertz CT molecular complexity index is 172. The summed E-state index contributed by atoms with van der Waals surface area (Å²) in [6.45, 7) is 0. The van der Waals surface area contributed by atoms with Gasteiger partial charge in [-0.05, 0) is 6.40 Å². The van der Waals surface area contributed by atoms with Crippen LogP contribution < -0.4 is 5.73 Å². The summed E-state index contributed by atoms with van der Waals surface area (Å²) in [6.07, 6.45) is -1.84. The predicted octanol–water partition coefficient (Wildman–Crippen LogP) is -0.737. The van der Waals surface area contributed by atoms with Gasteiger partial charge in [0.2, 0.25) is 0 Å². The molecule has 0 aliphatic rings. The van der Waals surface area contributed by atoms with Crippen molar-refractivity contribution in [2.45, 2.75) is 18.9 Å². The second-order valence-corrected chi connectivity index (χ2v) is 1.70. The lowest BCUT2D eigenvalue weighted by atomic mass is 10.4. The van der Waals surface area contributed by atoms with Crippen LogP contribution in [0.3, 0.4) is 0 Å². The van der Waals surface area contributed by atoms with E-state index in [9.17, 15) is 9.59 Å². The van der Waals surface area contributed by atoms with Gasteiger partial charge in [0.25, 0.3) is 0 Å². The van der Waals surface area contributed by atoms with Crippen molar-refractivity contribution in [3.05, 3.63) is 0 Å². The van der Waals surface area contributed by atoms with Crippen LogP contribution in [0.25, 0.3) is 0 Å². The molecule has 0 saturated heterocycles. The van der Waals surface area contributed by atoms with Crippen molar-refractivity contribution in [2.24, 2.45) is 5.73 Å². The van der Waals surface area contributed by atoms with Crippen LogP contribution in [-0.2, 0) is 9.59 Å². The van der Waals surface area contributed by atoms with E-state index in [1.165, 1.54) is 0 Å². The first kappa shape index (κ1) is 7.01. The quantitative estimate of drug-likeness (QED) is 0.457. The zero-order valence-corrected chi connectivity index (χ0v) is 5.15. The summed E-state index contributed by atoms with van der Waals surface area (Å²) in [5.41, 5.74) is 4.96. The Kier molecular flexibility index (Phi) is 2.69. The van der Waals surface area contributed by atoms with Gasteiger partial charge >= 0.3 is 11.9 Å². The van der Waals surface area contributed by atoms with E-state index < -0.39 is 30.8 Å². The predicted molar refractivity (Wildman–Crippen MR) is 32.5 cm³/mol. The fourth-order valence-corrected chi connectivity index (χ4v) is 0.329. The summed E-state index contributed by atoms with van der Waals surface area (Å²) in [5, 5.41) is 16.4. The van der Waals surface area contributed by atoms with E-state index in [0.717, 1.165) is 0 Å². The number of rotatable bonds is 4. The first-order valence-electron chi connectivity index (χ1n) is 3.15. The topological polar surface area (TPSA) is 101 Å². The number of carboxylic acid groups (broad SMARTS) is 2. The Labute approximate surface area is 58.9 Å². The molecule has 0 fully saturated rings. The van der Waals surface area contributed by atoms with Gasteiger partial charge in [-0.3, -0.25) is 9.59 Å². The number of hydrogen-bond acceptors (Lipinski definition) is 3. The van der Waals surface area contributed by atoms with Gasteiger partial charge < -0.3 is 15.9 Å². The molecule has 0 heterocycles. The highest BCUT2D eigenvalue weighted by atomic mass is 16.4. The minimum absolute atomic E-state index is 0.548. The monoisotopic (exact) mass is 149 g/mol. The largest absolute Gasteiger partial charge is 0.481 e. The summed E-state index contributed by atoms with van der Waals surface area (Å²) in [7, 11) is 0. The van der Waals surface area contributed by atoms with E-state index in [2.05, 4.69) is 0 Å². The second-order valence-electron chi connectivity index (χ2n) is 1.70. The lowest BCUT2D eigenvalue weighted by molar-refractivity contribution is -0.139. The number of hydrogen-bond donors (Lipinski definition) is 3. The van der Waals surface area contributed by atoms with Gasteiger partial charge in [-0.15, -0.1) is 0 Å². The molecule has 2 atom stereocenters. The van der Waals surface area contributed by atoms with Crippen molar-refractivity contribution in [3.8, 4) is 0 Å². The fourth-order valence-electron chi connectivity index (χ4n) is 0.329. The molecule has 0 rings (SSSR count). The molecule has 58 valence electrons. The molecular weight excluding hydrogens is 139 g/mol. The van der Waals surface area contributed by atoms with Crippen LogP contribution in [0.2, 0.25) is 0 Å². The van der Waals surface area contributed by atoms with Gasteiger partial charge in [0.1, 0.15) is 6.04 Å². The Hall–Kier alpha value is -1.10. The number of carboxylic acids is 2. The van der Waals surface area contributed by atoms with Crippen LogP contribution in [0, 0.1) is 0 Å². The third kappa shape index (κ3) is 3.85. The first-order chi connectivity index (χ1) is 4.95. The minimum Gasteiger partial charge on any atom is -0.481 e. The molecule has 10 heavy (non-hydrogen) atoms. The normalized spacial score (nSPS) is 17.1. The highest BCUT2D eigenvalue weighted by molar-refractivity contribution is 5.74. The van der Waals surface area contributed by atoms with Crippen LogP contribution in [0.5, 0.6) is 0 Å². The summed E-state index contributed by atoms with van der Waals surface area (Å²) >= 11 is 0. The Balaban J connectivity index is 3.92. The molecule has 0 aliphatic carbocycles. The summed E-state index contributed by atoms with van der Waals surface area (Å²) in [5.74, 6) is -2.58. The van der Waals surface area contributed by atoms with Gasteiger partial charge in [-0.25, -0.2) is 0 Å². The lowest BCUT2D eigenvalue weighted by Crippen LogP contribution is -2.30. The van der Waals surface area contributed by atoms with E-state index in [1.807, 2.05) is 0 Å². The number of nitrogens with two attached hydrogens (primary N) is 1. The van der Waals surface area contributed by atoms with Crippen LogP contribution >= 0.6 is 0 Å². The van der Waals surface area contributed by atoms with Crippen LogP contribution in [-0.4, -0.2) is 28.2 Å². The highest BCUT2D eigenvalue weighted by Gasteiger charge is 2.12. The van der Waals surface area contributed by atoms with E-state index in [1.54, 1.807) is 0 Å². The van der Waals surface area contributed by atoms with Crippen molar-refractivity contribution >= 4 is 11.9 Å². The summed E-state index contributed by atoms with van der Waals surface area (Å²) < 4.78 is 6.95. The molecule has 5 nitrogen and oxygen atoms in total. The third-order valence-corrected chi connectivity index (χ3v) is 0.832. The Morgan fingerprint density at radius 2 is 2.10 bits per heavy atom. The SMILES string of the molecule is [2H][C@H](CC(=O)O)[13C@H](N)C(=O)O. The molecule has 5 heteroatoms. The standard InChI is InChI=1S/C5H9NO4/c6-3(5(9)10)1-2-4(7)8/h3H,1-2,6H2,(H,7,8)(H,9,10)/t3-/m0/s1/i1D,3+1/t1-,3+/m1. The van der Waals surface area contributed by atoms with E-state index >= 15 is 0 Å². The Morgan fingerprint density at radius 3 is 2.40 bits per heavy atom. The molecule has 0 aromatic rings. The van der Waals surface area contributed by atoms with E-state index in [-0.39, 0.29) is 0 Å². The van der Waals surface area contributed by atoms with Gasteiger partial charge in [0.05, 0.1) is 0 Å². The van der Waals surface area contributed by atoms with Crippen LogP contribution in [0.4, 0.5) is 0 Å². The molecular formula is C5H9NO4. The summed E-state index contributed by atoms with van der Waals surface area (Å²) in [6, 6.07) is -1.42. The molecule has 0 aromatic carbocycles. The maximum Gasteiger partial charge on any atom is 0.320 e. The average Bonchev–Trinajstić information content (AvgIpc) is 1.84. The molecule has 0 spiro atoms. The third-order valence-electron chi connectivity index (χ3n) is 0.832. The molecule has 0 saturated carbocycles. The van der Waals surface area contributed by atoms with Crippen molar-refractivity contribution in [3.63, 3.8) is 0 Å². The first-order valence-corrected chi connectivity index (χ1v) is 2.57. The van der Waals surface area contributed by atoms with Gasteiger partial charge in [0, 0.05) is 7.79 Å². The van der Waals surface area contributed by atoms with Crippen LogP contribution in [0.1, 0.15) is 14.2 Å². The van der Waals surface area contributed by atoms with Crippen LogP contribution in [0.15, 0.2) is 0 Å². The number of aliphatic carboxylic acids is 2. The zero-order valence-electron chi connectivity index (χ0n) is 6.15. The molecule has 4 N–H and O–H groups in total. The Morgan fingerprint density at radius 1 is 1.60 bits per heavy atom. The van der Waals surface area contributed by atoms with Crippen molar-refractivity contribution in [2.75, 3.05) is 0 Å². The van der Waals surface area contributed by atoms with Gasteiger partial charge in [-0.2, -0.15) is 0 Å². The van der Waals surface area contributed by atoms with Gasteiger partial charge in [0.15, 0.2) is 0 Å². The van der Waals surface area contributed by atoms with Crippen molar-refractivity contribution in [1.29, 1.82) is 0 Å². The molecule has 0 amide bonds. The molecule has 0 radical (unpaired) electrons. The second kappa shape index (κ2) is 3.84. The fraction of sp³-hybridized carbons (Fsp3) is 0.600. The van der Waals surface area contributed by atoms with Crippen molar-refractivity contribution in [1.82, 2.24) is 0 Å². The molecule has 0 aliphatic heterocycles. The zero-order chi connectivity index (χ0) is 9.02. The smallest absolute Gasteiger partial charge is 0.320 e. The maximum absolute atomic E-state index is 10.1. The van der Waals surface area contributed by atoms with E-state index in [0.29, 0.717) is 0 Å². The minimum atomic E-state index is -1.42. The number of carbonyl (C=O) groups is 2.